The first-order valence-electron chi connectivity index (χ1n) is 6.06. The van der Waals surface area contributed by atoms with Gasteiger partial charge in [-0.05, 0) is 12.5 Å². The monoisotopic (exact) mass is 288 g/mol. The van der Waals surface area contributed by atoms with E-state index in [9.17, 15) is 20.2 Å². The minimum absolute atomic E-state index is 0.0419. The molecule has 0 unspecified atom stereocenters. The lowest BCUT2D eigenvalue weighted by molar-refractivity contribution is -0.385. The molecule has 2 rings (SSSR count). The Kier molecular flexibility index (Phi) is 4.07. The van der Waals surface area contributed by atoms with E-state index in [4.69, 9.17) is 0 Å². The summed E-state index contributed by atoms with van der Waals surface area (Å²) in [7, 11) is 0. The van der Waals surface area contributed by atoms with Gasteiger partial charge >= 0.3 is 5.69 Å². The predicted molar refractivity (Wildman–Crippen MR) is 76.1 cm³/mol. The highest BCUT2D eigenvalue weighted by Crippen LogP contribution is 2.24. The SMILES string of the molecule is Cc1cnc(NCc2ccccc2[N+](=O)[O-])c([N+](=O)[O-])c1. The van der Waals surface area contributed by atoms with Crippen LogP contribution in [0.15, 0.2) is 36.5 Å². The van der Waals surface area contributed by atoms with E-state index in [-0.39, 0.29) is 23.7 Å². The molecule has 2 aromatic rings. The van der Waals surface area contributed by atoms with Crippen molar-refractivity contribution >= 4 is 17.2 Å². The molecule has 0 fully saturated rings. The van der Waals surface area contributed by atoms with Gasteiger partial charge in [-0.25, -0.2) is 4.98 Å². The van der Waals surface area contributed by atoms with E-state index in [0.29, 0.717) is 11.1 Å². The lowest BCUT2D eigenvalue weighted by Gasteiger charge is -2.07. The number of hydrogen-bond acceptors (Lipinski definition) is 6. The van der Waals surface area contributed by atoms with Crippen LogP contribution in [0.2, 0.25) is 0 Å². The predicted octanol–water partition coefficient (Wildman–Crippen LogP) is 2.82. The first kappa shape index (κ1) is 14.4. The summed E-state index contributed by atoms with van der Waals surface area (Å²) in [4.78, 5) is 24.8. The second-order valence-electron chi connectivity index (χ2n) is 4.38. The highest BCUT2D eigenvalue weighted by Gasteiger charge is 2.17. The molecule has 0 atom stereocenters. The minimum Gasteiger partial charge on any atom is -0.360 e. The van der Waals surface area contributed by atoms with E-state index in [0.717, 1.165) is 0 Å². The third-order valence-corrected chi connectivity index (χ3v) is 2.84. The van der Waals surface area contributed by atoms with Crippen LogP contribution in [0.1, 0.15) is 11.1 Å². The molecule has 8 heteroatoms. The van der Waals surface area contributed by atoms with E-state index < -0.39 is 9.85 Å². The number of aromatic nitrogens is 1. The molecule has 0 spiro atoms. The van der Waals surface area contributed by atoms with Crippen LogP contribution < -0.4 is 5.32 Å². The first-order valence-corrected chi connectivity index (χ1v) is 6.06. The number of pyridine rings is 1. The average Bonchev–Trinajstić information content (AvgIpc) is 2.46. The zero-order valence-corrected chi connectivity index (χ0v) is 11.1. The summed E-state index contributed by atoms with van der Waals surface area (Å²) in [6.07, 6.45) is 1.49. The normalized spacial score (nSPS) is 10.1. The van der Waals surface area contributed by atoms with Gasteiger partial charge in [-0.1, -0.05) is 18.2 Å². The number of nitro groups is 2. The maximum absolute atomic E-state index is 11.0. The molecule has 21 heavy (non-hydrogen) atoms. The molecule has 8 nitrogen and oxygen atoms in total. The van der Waals surface area contributed by atoms with Crippen LogP contribution in [-0.4, -0.2) is 14.8 Å². The Bertz CT molecular complexity index is 702. The van der Waals surface area contributed by atoms with Crippen molar-refractivity contribution in [2.24, 2.45) is 0 Å². The molecule has 0 bridgehead atoms. The number of aryl methyl sites for hydroxylation is 1. The summed E-state index contributed by atoms with van der Waals surface area (Å²) in [6.45, 7) is 1.78. The Morgan fingerprint density at radius 1 is 1.14 bits per heavy atom. The van der Waals surface area contributed by atoms with Crippen LogP contribution in [0.25, 0.3) is 0 Å². The highest BCUT2D eigenvalue weighted by molar-refractivity contribution is 5.57. The van der Waals surface area contributed by atoms with Gasteiger partial charge in [0.15, 0.2) is 0 Å². The molecule has 0 saturated carbocycles. The lowest BCUT2D eigenvalue weighted by Crippen LogP contribution is -2.06. The Labute approximate surface area is 119 Å². The van der Waals surface area contributed by atoms with Crippen LogP contribution in [0.4, 0.5) is 17.2 Å². The van der Waals surface area contributed by atoms with Gasteiger partial charge in [0.1, 0.15) is 0 Å². The van der Waals surface area contributed by atoms with Crippen molar-refractivity contribution in [1.82, 2.24) is 4.98 Å². The van der Waals surface area contributed by atoms with Crippen LogP contribution >= 0.6 is 0 Å². The van der Waals surface area contributed by atoms with Gasteiger partial charge in [0.05, 0.1) is 9.85 Å². The number of hydrogen-bond donors (Lipinski definition) is 1. The summed E-state index contributed by atoms with van der Waals surface area (Å²) < 4.78 is 0. The fourth-order valence-electron chi connectivity index (χ4n) is 1.85. The van der Waals surface area contributed by atoms with Crippen molar-refractivity contribution < 1.29 is 9.85 Å². The van der Waals surface area contributed by atoms with E-state index in [2.05, 4.69) is 10.3 Å². The molecule has 0 aliphatic heterocycles. The van der Waals surface area contributed by atoms with Gasteiger partial charge in [-0.3, -0.25) is 20.2 Å². The standard InChI is InChI=1S/C13H12N4O4/c1-9-6-12(17(20)21)13(14-7-9)15-8-10-4-2-3-5-11(10)16(18)19/h2-7H,8H2,1H3,(H,14,15). The summed E-state index contributed by atoms with van der Waals surface area (Å²) in [5.41, 5.74) is 0.894. The van der Waals surface area contributed by atoms with Gasteiger partial charge in [0, 0.05) is 30.4 Å². The van der Waals surface area contributed by atoms with Gasteiger partial charge in [-0.2, -0.15) is 0 Å². The zero-order valence-electron chi connectivity index (χ0n) is 11.1. The number of para-hydroxylation sites is 1. The number of rotatable bonds is 5. The number of anilines is 1. The molecule has 1 aromatic carbocycles. The first-order chi connectivity index (χ1) is 9.99. The molecule has 0 saturated heterocycles. The Morgan fingerprint density at radius 2 is 1.81 bits per heavy atom. The topological polar surface area (TPSA) is 111 Å². The summed E-state index contributed by atoms with van der Waals surface area (Å²) >= 11 is 0. The number of nitro benzene ring substituents is 1. The molecule has 0 amide bonds. The third kappa shape index (κ3) is 3.30. The summed E-state index contributed by atoms with van der Waals surface area (Å²) in [5.74, 6) is 0.0868. The van der Waals surface area contributed by atoms with Crippen molar-refractivity contribution in [3.8, 4) is 0 Å². The van der Waals surface area contributed by atoms with E-state index >= 15 is 0 Å². The van der Waals surface area contributed by atoms with Crippen LogP contribution in [0, 0.1) is 27.2 Å². The van der Waals surface area contributed by atoms with Crippen molar-refractivity contribution in [3.63, 3.8) is 0 Å². The lowest BCUT2D eigenvalue weighted by atomic mass is 10.2. The summed E-state index contributed by atoms with van der Waals surface area (Å²) in [5, 5.41) is 24.7. The van der Waals surface area contributed by atoms with E-state index in [1.807, 2.05) is 0 Å². The fourth-order valence-corrected chi connectivity index (χ4v) is 1.85. The van der Waals surface area contributed by atoms with E-state index in [1.165, 1.54) is 18.3 Å². The Morgan fingerprint density at radius 3 is 2.48 bits per heavy atom. The second kappa shape index (κ2) is 5.95. The Hall–Kier alpha value is -3.03. The van der Waals surface area contributed by atoms with Crippen molar-refractivity contribution in [2.75, 3.05) is 5.32 Å². The van der Waals surface area contributed by atoms with Crippen LogP contribution in [0.5, 0.6) is 0 Å². The van der Waals surface area contributed by atoms with Gasteiger partial charge < -0.3 is 5.32 Å². The highest BCUT2D eigenvalue weighted by atomic mass is 16.6. The molecule has 0 aliphatic rings. The zero-order chi connectivity index (χ0) is 15.4. The van der Waals surface area contributed by atoms with Crippen LogP contribution in [-0.2, 0) is 6.54 Å². The maximum Gasteiger partial charge on any atom is 0.311 e. The molecule has 1 heterocycles. The van der Waals surface area contributed by atoms with Crippen LogP contribution in [0.3, 0.4) is 0 Å². The third-order valence-electron chi connectivity index (χ3n) is 2.84. The van der Waals surface area contributed by atoms with Crippen molar-refractivity contribution in [1.29, 1.82) is 0 Å². The smallest absolute Gasteiger partial charge is 0.311 e. The number of benzene rings is 1. The number of nitrogens with zero attached hydrogens (tertiary/aromatic N) is 3. The minimum atomic E-state index is -0.540. The van der Waals surface area contributed by atoms with Gasteiger partial charge in [0.25, 0.3) is 5.69 Å². The molecular weight excluding hydrogens is 276 g/mol. The van der Waals surface area contributed by atoms with E-state index in [1.54, 1.807) is 25.1 Å². The Balaban J connectivity index is 2.25. The van der Waals surface area contributed by atoms with Crippen molar-refractivity contribution in [3.05, 3.63) is 67.9 Å². The maximum atomic E-state index is 11.0. The molecule has 1 N–H and O–H groups in total. The van der Waals surface area contributed by atoms with Gasteiger partial charge in [0.2, 0.25) is 5.82 Å². The fraction of sp³-hybridized carbons (Fsp3) is 0.154. The molecule has 0 aliphatic carbocycles. The number of nitrogens with one attached hydrogen (secondary N) is 1. The molecule has 1 aromatic heterocycles. The molecule has 0 radical (unpaired) electrons. The van der Waals surface area contributed by atoms with Crippen molar-refractivity contribution in [2.45, 2.75) is 13.5 Å². The molecule has 108 valence electrons. The quantitative estimate of drug-likeness (QED) is 0.668. The second-order valence-corrected chi connectivity index (χ2v) is 4.38. The summed E-state index contributed by atoms with van der Waals surface area (Å²) in [6, 6.07) is 7.60. The van der Waals surface area contributed by atoms with Gasteiger partial charge in [-0.15, -0.1) is 0 Å². The largest absolute Gasteiger partial charge is 0.360 e. The molecular formula is C13H12N4O4. The average molecular weight is 288 g/mol.